The number of rotatable bonds is 5. The first kappa shape index (κ1) is 15.6. The molecule has 0 saturated heterocycles. The van der Waals surface area contributed by atoms with Crippen LogP contribution in [0.3, 0.4) is 0 Å². The number of aromatic nitrogens is 3. The highest BCUT2D eigenvalue weighted by Gasteiger charge is 2.12. The highest BCUT2D eigenvalue weighted by molar-refractivity contribution is 7.16. The maximum atomic E-state index is 10.7. The van der Waals surface area contributed by atoms with Gasteiger partial charge in [-0.05, 0) is 17.7 Å². The molecule has 24 heavy (non-hydrogen) atoms. The SMILES string of the molecule is N#C/C(=C\c1ccc([N+](=O)[O-])s1)c1n[nH]c(Cc2ccccc2)n1. The molecule has 0 fully saturated rings. The molecule has 0 radical (unpaired) electrons. The minimum atomic E-state index is -0.460. The van der Waals surface area contributed by atoms with Crippen molar-refractivity contribution in [3.05, 3.63) is 74.7 Å². The normalized spacial score (nSPS) is 11.2. The molecule has 0 spiro atoms. The Bertz CT molecular complexity index is 937. The molecular weight excluding hydrogens is 326 g/mol. The molecule has 0 atom stereocenters. The Morgan fingerprint density at radius 3 is 2.79 bits per heavy atom. The highest BCUT2D eigenvalue weighted by Crippen LogP contribution is 2.27. The van der Waals surface area contributed by atoms with E-state index in [2.05, 4.69) is 15.2 Å². The molecule has 2 aromatic heterocycles. The molecule has 0 saturated carbocycles. The number of nitriles is 1. The van der Waals surface area contributed by atoms with Gasteiger partial charge in [-0.25, -0.2) is 4.98 Å². The molecular formula is C16H11N5O2S. The zero-order valence-electron chi connectivity index (χ0n) is 12.3. The number of nitro groups is 1. The molecule has 7 nitrogen and oxygen atoms in total. The number of hydrogen-bond donors (Lipinski definition) is 1. The first-order valence-electron chi connectivity index (χ1n) is 6.97. The van der Waals surface area contributed by atoms with Crippen LogP contribution in [0.5, 0.6) is 0 Å². The molecule has 0 aliphatic carbocycles. The lowest BCUT2D eigenvalue weighted by molar-refractivity contribution is -0.380. The third kappa shape index (κ3) is 3.53. The molecule has 1 N–H and O–H groups in total. The smallest absolute Gasteiger partial charge is 0.262 e. The summed E-state index contributed by atoms with van der Waals surface area (Å²) in [5.41, 5.74) is 1.33. The Balaban J connectivity index is 1.82. The molecule has 0 aliphatic rings. The topological polar surface area (TPSA) is 108 Å². The second-order valence-corrected chi connectivity index (χ2v) is 5.96. The van der Waals surface area contributed by atoms with Gasteiger partial charge in [-0.15, -0.1) is 0 Å². The van der Waals surface area contributed by atoms with Crippen molar-refractivity contribution in [2.75, 3.05) is 0 Å². The third-order valence-corrected chi connectivity index (χ3v) is 4.17. The van der Waals surface area contributed by atoms with Crippen LogP contribution >= 0.6 is 11.3 Å². The van der Waals surface area contributed by atoms with Gasteiger partial charge in [-0.1, -0.05) is 41.7 Å². The number of nitrogens with zero attached hydrogens (tertiary/aromatic N) is 4. The van der Waals surface area contributed by atoms with E-state index in [0.717, 1.165) is 16.9 Å². The predicted molar refractivity (Wildman–Crippen MR) is 90.1 cm³/mol. The highest BCUT2D eigenvalue weighted by atomic mass is 32.1. The fourth-order valence-electron chi connectivity index (χ4n) is 2.09. The van der Waals surface area contributed by atoms with Gasteiger partial charge < -0.3 is 0 Å². The fraction of sp³-hybridized carbons (Fsp3) is 0.0625. The summed E-state index contributed by atoms with van der Waals surface area (Å²) < 4.78 is 0. The summed E-state index contributed by atoms with van der Waals surface area (Å²) in [6, 6.07) is 14.8. The van der Waals surface area contributed by atoms with E-state index in [-0.39, 0.29) is 16.4 Å². The van der Waals surface area contributed by atoms with Gasteiger partial charge in [-0.3, -0.25) is 15.2 Å². The zero-order chi connectivity index (χ0) is 16.9. The molecule has 0 aliphatic heterocycles. The van der Waals surface area contributed by atoms with Gasteiger partial charge in [-0.2, -0.15) is 10.4 Å². The minimum Gasteiger partial charge on any atom is -0.262 e. The van der Waals surface area contributed by atoms with Crippen molar-refractivity contribution in [3.8, 4) is 6.07 Å². The minimum absolute atomic E-state index is 0.0262. The van der Waals surface area contributed by atoms with E-state index in [4.69, 9.17) is 0 Å². The van der Waals surface area contributed by atoms with Crippen LogP contribution < -0.4 is 0 Å². The molecule has 8 heteroatoms. The molecule has 3 rings (SSSR count). The summed E-state index contributed by atoms with van der Waals surface area (Å²) >= 11 is 0.996. The van der Waals surface area contributed by atoms with Gasteiger partial charge >= 0.3 is 5.00 Å². The van der Waals surface area contributed by atoms with Gasteiger partial charge in [0.05, 0.1) is 10.5 Å². The molecule has 2 heterocycles. The van der Waals surface area contributed by atoms with Gasteiger partial charge in [0.25, 0.3) is 0 Å². The van der Waals surface area contributed by atoms with Crippen LogP contribution in [0.2, 0.25) is 0 Å². The molecule has 118 valence electrons. The lowest BCUT2D eigenvalue weighted by Crippen LogP contribution is -1.90. The Morgan fingerprint density at radius 1 is 1.33 bits per heavy atom. The average Bonchev–Trinajstić information content (AvgIpc) is 3.23. The number of H-pyrrole nitrogens is 1. The number of aromatic amines is 1. The van der Waals surface area contributed by atoms with Crippen LogP contribution in [0, 0.1) is 21.4 Å². The van der Waals surface area contributed by atoms with Crippen LogP contribution in [-0.4, -0.2) is 20.1 Å². The Labute approximate surface area is 141 Å². The molecule has 3 aromatic rings. The Hall–Kier alpha value is -3.31. The number of benzene rings is 1. The summed E-state index contributed by atoms with van der Waals surface area (Å²) in [5.74, 6) is 0.925. The van der Waals surface area contributed by atoms with E-state index in [1.807, 2.05) is 36.4 Å². The van der Waals surface area contributed by atoms with Crippen LogP contribution in [0.1, 0.15) is 22.1 Å². The van der Waals surface area contributed by atoms with E-state index in [0.29, 0.717) is 17.1 Å². The van der Waals surface area contributed by atoms with Crippen molar-refractivity contribution < 1.29 is 4.92 Å². The maximum Gasteiger partial charge on any atom is 0.324 e. The first-order chi connectivity index (χ1) is 11.7. The molecule has 0 amide bonds. The largest absolute Gasteiger partial charge is 0.324 e. The van der Waals surface area contributed by atoms with Crippen molar-refractivity contribution in [3.63, 3.8) is 0 Å². The quantitative estimate of drug-likeness (QED) is 0.436. The number of hydrogen-bond acceptors (Lipinski definition) is 6. The van der Waals surface area contributed by atoms with Crippen molar-refractivity contribution in [1.82, 2.24) is 15.2 Å². The summed E-state index contributed by atoms with van der Waals surface area (Å²) in [4.78, 5) is 15.2. The summed E-state index contributed by atoms with van der Waals surface area (Å²) in [6.07, 6.45) is 2.13. The van der Waals surface area contributed by atoms with E-state index >= 15 is 0 Å². The molecule has 0 bridgehead atoms. The van der Waals surface area contributed by atoms with Gasteiger partial charge in [0, 0.05) is 17.4 Å². The van der Waals surface area contributed by atoms with Crippen molar-refractivity contribution in [2.45, 2.75) is 6.42 Å². The first-order valence-corrected chi connectivity index (χ1v) is 7.79. The van der Waals surface area contributed by atoms with Gasteiger partial charge in [0.1, 0.15) is 11.9 Å². The fourth-order valence-corrected chi connectivity index (χ4v) is 2.86. The third-order valence-electron chi connectivity index (χ3n) is 3.19. The number of thiophene rings is 1. The standard InChI is InChI=1S/C16H11N5O2S/c17-10-12(9-13-6-7-15(24-13)21(22)23)16-18-14(19-20-16)8-11-4-2-1-3-5-11/h1-7,9H,8H2,(H,18,19,20)/b12-9+. The van der Waals surface area contributed by atoms with Crippen LogP contribution in [0.4, 0.5) is 5.00 Å². The second-order valence-electron chi connectivity index (χ2n) is 4.87. The van der Waals surface area contributed by atoms with Crippen molar-refractivity contribution in [2.24, 2.45) is 0 Å². The van der Waals surface area contributed by atoms with E-state index in [1.165, 1.54) is 6.07 Å². The maximum absolute atomic E-state index is 10.7. The lowest BCUT2D eigenvalue weighted by atomic mass is 10.1. The summed E-state index contributed by atoms with van der Waals surface area (Å²) in [5, 5.41) is 26.9. The lowest BCUT2D eigenvalue weighted by Gasteiger charge is -1.95. The van der Waals surface area contributed by atoms with Gasteiger partial charge in [0.2, 0.25) is 0 Å². The monoisotopic (exact) mass is 337 g/mol. The summed E-state index contributed by atoms with van der Waals surface area (Å²) in [6.45, 7) is 0. The molecule has 1 aromatic carbocycles. The van der Waals surface area contributed by atoms with Crippen LogP contribution in [0.25, 0.3) is 11.6 Å². The second kappa shape index (κ2) is 6.85. The van der Waals surface area contributed by atoms with Crippen LogP contribution in [-0.2, 0) is 6.42 Å². The zero-order valence-corrected chi connectivity index (χ0v) is 13.2. The van der Waals surface area contributed by atoms with Gasteiger partial charge in [0.15, 0.2) is 5.82 Å². The number of nitrogens with one attached hydrogen (secondary N) is 1. The van der Waals surface area contributed by atoms with E-state index in [9.17, 15) is 15.4 Å². The van der Waals surface area contributed by atoms with E-state index < -0.39 is 4.92 Å². The molecule has 0 unspecified atom stereocenters. The predicted octanol–water partition coefficient (Wildman–Crippen LogP) is 3.43. The van der Waals surface area contributed by atoms with E-state index in [1.54, 1.807) is 12.1 Å². The average molecular weight is 337 g/mol. The van der Waals surface area contributed by atoms with Crippen molar-refractivity contribution in [1.29, 1.82) is 5.26 Å². The Kier molecular flexibility index (Phi) is 4.45. The van der Waals surface area contributed by atoms with Crippen LogP contribution in [0.15, 0.2) is 42.5 Å². The number of allylic oxidation sites excluding steroid dienone is 1. The van der Waals surface area contributed by atoms with Crippen molar-refractivity contribution >= 4 is 28.0 Å². The summed E-state index contributed by atoms with van der Waals surface area (Å²) in [7, 11) is 0. The Morgan fingerprint density at radius 2 is 2.12 bits per heavy atom.